The van der Waals surface area contributed by atoms with Gasteiger partial charge in [-0.3, -0.25) is 20.2 Å². The number of quaternary nitrogens is 1. The molecular formula is C25H26BrN5O4. The fourth-order valence-electron chi connectivity index (χ4n) is 4.28. The largest absolute Gasteiger partial charge is 1.00 e. The molecule has 1 heterocycles. The Kier molecular flexibility index (Phi) is 7.98. The molecule has 10 heteroatoms. The molecule has 0 saturated carbocycles. The van der Waals surface area contributed by atoms with Gasteiger partial charge in [0.2, 0.25) is 0 Å². The van der Waals surface area contributed by atoms with Gasteiger partial charge in [0.05, 0.1) is 47.2 Å². The number of para-hydroxylation sites is 1. The van der Waals surface area contributed by atoms with E-state index in [1.54, 1.807) is 24.3 Å². The fourth-order valence-corrected chi connectivity index (χ4v) is 4.28. The summed E-state index contributed by atoms with van der Waals surface area (Å²) in [5.41, 5.74) is 3.26. The third-order valence-electron chi connectivity index (χ3n) is 5.88. The number of nitro benzene ring substituents is 2. The van der Waals surface area contributed by atoms with Crippen molar-refractivity contribution in [3.8, 4) is 0 Å². The van der Waals surface area contributed by atoms with Crippen molar-refractivity contribution in [2.45, 2.75) is 13.0 Å². The zero-order valence-corrected chi connectivity index (χ0v) is 21.1. The van der Waals surface area contributed by atoms with Crippen molar-refractivity contribution in [2.24, 2.45) is 0 Å². The molecule has 9 nitrogen and oxygen atoms in total. The van der Waals surface area contributed by atoms with Crippen molar-refractivity contribution in [1.29, 1.82) is 0 Å². The Morgan fingerprint density at radius 1 is 0.886 bits per heavy atom. The number of nitrogens with zero attached hydrogens (tertiary/aromatic N) is 4. The Labute approximate surface area is 213 Å². The van der Waals surface area contributed by atoms with Gasteiger partial charge in [-0.1, -0.05) is 24.3 Å². The summed E-state index contributed by atoms with van der Waals surface area (Å²) < 4.78 is 0.706. The quantitative estimate of drug-likeness (QED) is 0.115. The van der Waals surface area contributed by atoms with Crippen LogP contribution in [0.3, 0.4) is 0 Å². The van der Waals surface area contributed by atoms with E-state index < -0.39 is 4.92 Å². The van der Waals surface area contributed by atoms with Crippen LogP contribution < -0.4 is 22.3 Å². The molecule has 0 atom stereocenters. The minimum atomic E-state index is -0.397. The first-order valence-electron chi connectivity index (χ1n) is 11.0. The number of pyridine rings is 1. The second-order valence-corrected chi connectivity index (χ2v) is 8.95. The standard InChI is InChI=1S/C25H26N5O4.BrH/c1-30(2,17-18-11-13-19(14-12-18)28(31)32)16-6-15-26-25-20-7-3-4-8-21(20)27-22-9-5-10-23(24(22)25)29(33)34;/h3-5,7-14H,6,15-17H2,1-2H3,(H,26,27);1H/q+1;/p-1. The zero-order valence-electron chi connectivity index (χ0n) is 19.5. The molecule has 0 unspecified atom stereocenters. The van der Waals surface area contributed by atoms with Crippen LogP contribution in [0.5, 0.6) is 0 Å². The Morgan fingerprint density at radius 3 is 2.26 bits per heavy atom. The average Bonchev–Trinajstić information content (AvgIpc) is 2.80. The molecule has 0 radical (unpaired) electrons. The van der Waals surface area contributed by atoms with E-state index in [0.29, 0.717) is 21.9 Å². The normalized spacial score (nSPS) is 11.3. The SMILES string of the molecule is C[N+](C)(CCCNc1c2ccccc2nc2cccc([N+](=O)[O-])c12)Cc1ccc([N+](=O)[O-])cc1.[Br-]. The van der Waals surface area contributed by atoms with Crippen LogP contribution in [0.1, 0.15) is 12.0 Å². The Balaban J connectivity index is 0.00000342. The molecule has 0 saturated heterocycles. The molecule has 3 aromatic carbocycles. The van der Waals surface area contributed by atoms with Crippen molar-refractivity contribution in [3.63, 3.8) is 0 Å². The summed E-state index contributed by atoms with van der Waals surface area (Å²) in [5, 5.41) is 27.4. The summed E-state index contributed by atoms with van der Waals surface area (Å²) in [6.45, 7) is 2.23. The zero-order chi connectivity index (χ0) is 24.3. The minimum absolute atomic E-state index is 0. The first-order chi connectivity index (χ1) is 16.2. The molecule has 0 aliphatic heterocycles. The first-order valence-corrected chi connectivity index (χ1v) is 11.0. The molecule has 0 fully saturated rings. The molecule has 1 aromatic heterocycles. The van der Waals surface area contributed by atoms with Crippen molar-refractivity contribution in [2.75, 3.05) is 32.5 Å². The lowest BCUT2D eigenvalue weighted by molar-refractivity contribution is -0.903. The van der Waals surface area contributed by atoms with Crippen molar-refractivity contribution < 1.29 is 31.3 Å². The Hall–Kier alpha value is -3.63. The predicted octanol–water partition coefficient (Wildman–Crippen LogP) is 2.29. The van der Waals surface area contributed by atoms with E-state index in [1.807, 2.05) is 24.3 Å². The molecule has 0 aliphatic carbocycles. The minimum Gasteiger partial charge on any atom is -1.00 e. The summed E-state index contributed by atoms with van der Waals surface area (Å²) >= 11 is 0. The number of hydrogen-bond donors (Lipinski definition) is 1. The molecule has 182 valence electrons. The van der Waals surface area contributed by atoms with Crippen LogP contribution in [0.4, 0.5) is 17.1 Å². The Morgan fingerprint density at radius 2 is 1.57 bits per heavy atom. The molecule has 35 heavy (non-hydrogen) atoms. The maximum Gasteiger partial charge on any atom is 0.280 e. The number of halogens is 1. The first kappa shape index (κ1) is 26.0. The number of benzene rings is 3. The van der Waals surface area contributed by atoms with Crippen LogP contribution in [0.2, 0.25) is 0 Å². The van der Waals surface area contributed by atoms with Crippen molar-refractivity contribution >= 4 is 38.9 Å². The number of nitrogens with one attached hydrogen (secondary N) is 1. The summed E-state index contributed by atoms with van der Waals surface area (Å²) in [7, 11) is 4.23. The van der Waals surface area contributed by atoms with E-state index in [-0.39, 0.29) is 33.3 Å². The van der Waals surface area contributed by atoms with Gasteiger partial charge in [0.25, 0.3) is 11.4 Å². The molecular weight excluding hydrogens is 514 g/mol. The topological polar surface area (TPSA) is 111 Å². The van der Waals surface area contributed by atoms with Gasteiger partial charge in [-0.2, -0.15) is 0 Å². The van der Waals surface area contributed by atoms with Gasteiger partial charge in [-0.15, -0.1) is 0 Å². The summed E-state index contributed by atoms with van der Waals surface area (Å²) in [6.07, 6.45) is 0.832. The second kappa shape index (κ2) is 10.7. The highest BCUT2D eigenvalue weighted by atomic mass is 79.9. The van der Waals surface area contributed by atoms with E-state index in [1.165, 1.54) is 18.2 Å². The number of anilines is 1. The fraction of sp³-hybridized carbons (Fsp3) is 0.240. The monoisotopic (exact) mass is 539 g/mol. The number of fused-ring (bicyclic) bond motifs is 2. The van der Waals surface area contributed by atoms with Crippen LogP contribution in [0.15, 0.2) is 66.7 Å². The van der Waals surface area contributed by atoms with E-state index >= 15 is 0 Å². The van der Waals surface area contributed by atoms with E-state index in [4.69, 9.17) is 0 Å². The van der Waals surface area contributed by atoms with Crippen LogP contribution in [-0.4, -0.2) is 46.5 Å². The third kappa shape index (κ3) is 5.90. The lowest BCUT2D eigenvalue weighted by atomic mass is 10.1. The Bertz CT molecular complexity index is 1380. The van der Waals surface area contributed by atoms with Crippen LogP contribution in [0, 0.1) is 20.2 Å². The third-order valence-corrected chi connectivity index (χ3v) is 5.88. The van der Waals surface area contributed by atoms with Crippen LogP contribution >= 0.6 is 0 Å². The maximum absolute atomic E-state index is 11.7. The van der Waals surface area contributed by atoms with Gasteiger partial charge in [-0.05, 0) is 24.3 Å². The summed E-state index contributed by atoms with van der Waals surface area (Å²) in [6, 6.07) is 19.3. The van der Waals surface area contributed by atoms with E-state index in [9.17, 15) is 20.2 Å². The predicted molar refractivity (Wildman–Crippen MR) is 133 cm³/mol. The van der Waals surface area contributed by atoms with Crippen LogP contribution in [0.25, 0.3) is 21.8 Å². The van der Waals surface area contributed by atoms with E-state index in [0.717, 1.165) is 41.7 Å². The van der Waals surface area contributed by atoms with Gasteiger partial charge in [0.15, 0.2) is 0 Å². The molecule has 0 amide bonds. The average molecular weight is 540 g/mol. The molecule has 0 spiro atoms. The summed E-state index contributed by atoms with van der Waals surface area (Å²) in [5.74, 6) is 0. The number of nitro groups is 2. The van der Waals surface area contributed by atoms with Gasteiger partial charge >= 0.3 is 0 Å². The number of non-ortho nitro benzene ring substituents is 2. The number of aromatic nitrogens is 1. The smallest absolute Gasteiger partial charge is 0.280 e. The van der Waals surface area contributed by atoms with Gasteiger partial charge in [0, 0.05) is 42.1 Å². The molecule has 0 bridgehead atoms. The molecule has 4 rings (SSSR count). The lowest BCUT2D eigenvalue weighted by Gasteiger charge is -2.30. The van der Waals surface area contributed by atoms with Crippen LogP contribution in [-0.2, 0) is 6.54 Å². The summed E-state index contributed by atoms with van der Waals surface area (Å²) in [4.78, 5) is 26.4. The van der Waals surface area contributed by atoms with Gasteiger partial charge in [0.1, 0.15) is 11.9 Å². The number of rotatable bonds is 9. The highest BCUT2D eigenvalue weighted by Crippen LogP contribution is 2.36. The highest BCUT2D eigenvalue weighted by Gasteiger charge is 2.20. The van der Waals surface area contributed by atoms with Gasteiger partial charge < -0.3 is 26.8 Å². The highest BCUT2D eigenvalue weighted by molar-refractivity contribution is 6.11. The lowest BCUT2D eigenvalue weighted by Crippen LogP contribution is -3.00. The molecule has 4 aromatic rings. The molecule has 0 aliphatic rings. The van der Waals surface area contributed by atoms with Crippen molar-refractivity contribution in [1.82, 2.24) is 4.98 Å². The van der Waals surface area contributed by atoms with Gasteiger partial charge in [-0.25, -0.2) is 4.98 Å². The van der Waals surface area contributed by atoms with Crippen molar-refractivity contribution in [3.05, 3.63) is 92.5 Å². The molecule has 1 N–H and O–H groups in total. The number of hydrogen-bond acceptors (Lipinski definition) is 6. The maximum atomic E-state index is 11.7. The second-order valence-electron chi connectivity index (χ2n) is 8.95. The van der Waals surface area contributed by atoms with E-state index in [2.05, 4.69) is 24.4 Å².